The Morgan fingerprint density at radius 2 is 2.06 bits per heavy atom. The van der Waals surface area contributed by atoms with Crippen molar-refractivity contribution in [2.24, 2.45) is 0 Å². The molecule has 0 aliphatic heterocycles. The normalized spacial score (nSPS) is 10.3. The molecule has 0 bridgehead atoms. The highest BCUT2D eigenvalue weighted by atomic mass is 16.2. The number of anilines is 2. The van der Waals surface area contributed by atoms with Crippen molar-refractivity contribution in [2.45, 2.75) is 13.5 Å². The molecule has 0 spiro atoms. The Morgan fingerprint density at radius 3 is 2.61 bits per heavy atom. The van der Waals surface area contributed by atoms with Gasteiger partial charge in [-0.15, -0.1) is 0 Å². The maximum atomic E-state index is 12.1. The maximum Gasteiger partial charge on any atom is 0.246 e. The minimum absolute atomic E-state index is 0.000807. The number of aromatic nitrogens is 2. The largest absolute Gasteiger partial charge is 0.399 e. The Labute approximate surface area is 106 Å². The zero-order valence-corrected chi connectivity index (χ0v) is 10.5. The van der Waals surface area contributed by atoms with Crippen LogP contribution in [0.4, 0.5) is 11.4 Å². The van der Waals surface area contributed by atoms with E-state index < -0.39 is 0 Å². The van der Waals surface area contributed by atoms with Crippen molar-refractivity contribution < 1.29 is 4.79 Å². The molecule has 2 N–H and O–H groups in total. The van der Waals surface area contributed by atoms with Crippen LogP contribution in [-0.4, -0.2) is 22.5 Å². The Hall–Kier alpha value is -2.30. The average molecular weight is 244 g/mol. The first kappa shape index (κ1) is 12.2. The molecule has 1 aromatic heterocycles. The summed E-state index contributed by atoms with van der Waals surface area (Å²) < 4.78 is 1.82. The standard InChI is InChI=1S/C13H16N4O/c1-10-15-7-8-17(10)9-13(18)16(2)12-5-3-11(14)4-6-12/h3-8H,9,14H2,1-2H3. The lowest BCUT2D eigenvalue weighted by atomic mass is 10.2. The average Bonchev–Trinajstić information content (AvgIpc) is 2.75. The first-order chi connectivity index (χ1) is 8.58. The zero-order chi connectivity index (χ0) is 13.1. The third-order valence-electron chi connectivity index (χ3n) is 2.88. The molecule has 2 rings (SSSR count). The van der Waals surface area contributed by atoms with Gasteiger partial charge in [-0.3, -0.25) is 4.79 Å². The molecule has 2 aromatic rings. The molecular formula is C13H16N4O. The van der Waals surface area contributed by atoms with E-state index in [1.807, 2.05) is 23.6 Å². The number of nitrogen functional groups attached to an aromatic ring is 1. The number of carbonyl (C=O) groups excluding carboxylic acids is 1. The highest BCUT2D eigenvalue weighted by Crippen LogP contribution is 2.15. The molecule has 0 saturated carbocycles. The minimum atomic E-state index is 0.000807. The van der Waals surface area contributed by atoms with E-state index in [1.165, 1.54) is 0 Å². The number of likely N-dealkylation sites (N-methyl/N-ethyl adjacent to an activating group) is 1. The summed E-state index contributed by atoms with van der Waals surface area (Å²) >= 11 is 0. The van der Waals surface area contributed by atoms with E-state index in [0.29, 0.717) is 5.69 Å². The molecule has 0 fully saturated rings. The number of hydrogen-bond donors (Lipinski definition) is 1. The predicted molar refractivity (Wildman–Crippen MR) is 71.2 cm³/mol. The molecule has 18 heavy (non-hydrogen) atoms. The Kier molecular flexibility index (Phi) is 3.32. The van der Waals surface area contributed by atoms with Crippen molar-refractivity contribution in [1.29, 1.82) is 0 Å². The van der Waals surface area contributed by atoms with Crippen LogP contribution in [0.5, 0.6) is 0 Å². The third-order valence-corrected chi connectivity index (χ3v) is 2.88. The monoisotopic (exact) mass is 244 g/mol. The number of benzene rings is 1. The lowest BCUT2D eigenvalue weighted by Crippen LogP contribution is -2.30. The van der Waals surface area contributed by atoms with Crippen LogP contribution in [-0.2, 0) is 11.3 Å². The molecular weight excluding hydrogens is 228 g/mol. The molecule has 0 saturated heterocycles. The van der Waals surface area contributed by atoms with Gasteiger partial charge in [0.15, 0.2) is 0 Å². The Balaban J connectivity index is 2.09. The van der Waals surface area contributed by atoms with Crippen molar-refractivity contribution >= 4 is 17.3 Å². The van der Waals surface area contributed by atoms with E-state index in [0.717, 1.165) is 11.5 Å². The summed E-state index contributed by atoms with van der Waals surface area (Å²) in [7, 11) is 1.75. The van der Waals surface area contributed by atoms with E-state index in [4.69, 9.17) is 5.73 Å². The van der Waals surface area contributed by atoms with Gasteiger partial charge in [0.1, 0.15) is 12.4 Å². The van der Waals surface area contributed by atoms with Gasteiger partial charge in [-0.2, -0.15) is 0 Å². The summed E-state index contributed by atoms with van der Waals surface area (Å²) in [6.07, 6.45) is 3.48. The quantitative estimate of drug-likeness (QED) is 0.831. The fourth-order valence-electron chi connectivity index (χ4n) is 1.66. The van der Waals surface area contributed by atoms with Crippen LogP contribution >= 0.6 is 0 Å². The van der Waals surface area contributed by atoms with Crippen LogP contribution < -0.4 is 10.6 Å². The second kappa shape index (κ2) is 4.91. The smallest absolute Gasteiger partial charge is 0.246 e. The summed E-state index contributed by atoms with van der Waals surface area (Å²) in [5, 5.41) is 0. The molecule has 0 aliphatic carbocycles. The number of nitrogens with two attached hydrogens (primary N) is 1. The predicted octanol–water partition coefficient (Wildman–Crippen LogP) is 1.44. The van der Waals surface area contributed by atoms with Crippen LogP contribution in [0, 0.1) is 6.92 Å². The molecule has 0 atom stereocenters. The number of carbonyl (C=O) groups is 1. The van der Waals surface area contributed by atoms with Crippen molar-refractivity contribution in [2.75, 3.05) is 17.7 Å². The van der Waals surface area contributed by atoms with E-state index in [1.54, 1.807) is 36.5 Å². The van der Waals surface area contributed by atoms with Crippen LogP contribution in [0.1, 0.15) is 5.82 Å². The van der Waals surface area contributed by atoms with Gasteiger partial charge in [-0.1, -0.05) is 0 Å². The van der Waals surface area contributed by atoms with Crippen molar-refractivity contribution in [3.8, 4) is 0 Å². The summed E-state index contributed by atoms with van der Waals surface area (Å²) in [6, 6.07) is 7.21. The van der Waals surface area contributed by atoms with Crippen LogP contribution in [0.15, 0.2) is 36.7 Å². The van der Waals surface area contributed by atoms with Gasteiger partial charge in [-0.05, 0) is 31.2 Å². The van der Waals surface area contributed by atoms with Gasteiger partial charge in [0.05, 0.1) is 0 Å². The topological polar surface area (TPSA) is 64.2 Å². The molecule has 1 heterocycles. The summed E-state index contributed by atoms with van der Waals surface area (Å²) in [4.78, 5) is 17.8. The van der Waals surface area contributed by atoms with Crippen LogP contribution in [0.2, 0.25) is 0 Å². The fraction of sp³-hybridized carbons (Fsp3) is 0.231. The fourth-order valence-corrected chi connectivity index (χ4v) is 1.66. The number of rotatable bonds is 3. The van der Waals surface area contributed by atoms with E-state index in [9.17, 15) is 4.79 Å². The molecule has 5 nitrogen and oxygen atoms in total. The van der Waals surface area contributed by atoms with E-state index in [-0.39, 0.29) is 12.5 Å². The lowest BCUT2D eigenvalue weighted by molar-refractivity contribution is -0.118. The van der Waals surface area contributed by atoms with Crippen LogP contribution in [0.3, 0.4) is 0 Å². The summed E-state index contributed by atoms with van der Waals surface area (Å²) in [6.45, 7) is 2.16. The maximum absolute atomic E-state index is 12.1. The molecule has 1 aromatic carbocycles. The SMILES string of the molecule is Cc1nccn1CC(=O)N(C)c1ccc(N)cc1. The number of aryl methyl sites for hydroxylation is 1. The second-order valence-corrected chi connectivity index (χ2v) is 4.15. The minimum Gasteiger partial charge on any atom is -0.399 e. The van der Waals surface area contributed by atoms with Gasteiger partial charge in [0.2, 0.25) is 5.91 Å². The van der Waals surface area contributed by atoms with Gasteiger partial charge in [0, 0.05) is 30.8 Å². The van der Waals surface area contributed by atoms with Gasteiger partial charge in [0.25, 0.3) is 0 Å². The molecule has 94 valence electrons. The van der Waals surface area contributed by atoms with Crippen LogP contribution in [0.25, 0.3) is 0 Å². The molecule has 0 radical (unpaired) electrons. The first-order valence-electron chi connectivity index (χ1n) is 5.68. The number of nitrogens with zero attached hydrogens (tertiary/aromatic N) is 3. The zero-order valence-electron chi connectivity index (χ0n) is 10.5. The molecule has 0 aliphatic rings. The molecule has 0 unspecified atom stereocenters. The third kappa shape index (κ3) is 2.51. The molecule has 5 heteroatoms. The lowest BCUT2D eigenvalue weighted by Gasteiger charge is -2.18. The van der Waals surface area contributed by atoms with Gasteiger partial charge >= 0.3 is 0 Å². The summed E-state index contributed by atoms with van der Waals surface area (Å²) in [5.74, 6) is 0.829. The van der Waals surface area contributed by atoms with E-state index in [2.05, 4.69) is 4.98 Å². The first-order valence-corrected chi connectivity index (χ1v) is 5.68. The Bertz CT molecular complexity index is 544. The number of hydrogen-bond acceptors (Lipinski definition) is 3. The number of imidazole rings is 1. The summed E-state index contributed by atoms with van der Waals surface area (Å²) in [5.41, 5.74) is 7.13. The van der Waals surface area contributed by atoms with Crippen molar-refractivity contribution in [3.05, 3.63) is 42.5 Å². The highest BCUT2D eigenvalue weighted by Gasteiger charge is 2.12. The van der Waals surface area contributed by atoms with Crippen molar-refractivity contribution in [1.82, 2.24) is 9.55 Å². The van der Waals surface area contributed by atoms with E-state index >= 15 is 0 Å². The second-order valence-electron chi connectivity index (χ2n) is 4.15. The Morgan fingerprint density at radius 1 is 1.39 bits per heavy atom. The van der Waals surface area contributed by atoms with Crippen molar-refractivity contribution in [3.63, 3.8) is 0 Å². The van der Waals surface area contributed by atoms with Gasteiger partial charge < -0.3 is 15.2 Å². The molecule has 1 amide bonds. The number of amides is 1. The highest BCUT2D eigenvalue weighted by molar-refractivity contribution is 5.92. The van der Waals surface area contributed by atoms with Gasteiger partial charge in [-0.25, -0.2) is 4.98 Å².